The second-order valence-corrected chi connectivity index (χ2v) is 8.60. The third-order valence-corrected chi connectivity index (χ3v) is 6.58. The van der Waals surface area contributed by atoms with Gasteiger partial charge in [-0.3, -0.25) is 0 Å². The second kappa shape index (κ2) is 7.68. The number of aryl methyl sites for hydroxylation is 2. The lowest BCUT2D eigenvalue weighted by molar-refractivity contribution is 0.135. The third-order valence-electron chi connectivity index (χ3n) is 4.66. The van der Waals surface area contributed by atoms with Crippen molar-refractivity contribution in [1.82, 2.24) is 4.31 Å². The normalized spacial score (nSPS) is 16.4. The minimum atomic E-state index is -3.58. The largest absolute Gasteiger partial charge is 0.495 e. The van der Waals surface area contributed by atoms with Crippen molar-refractivity contribution in [2.75, 3.05) is 20.2 Å². The molecule has 0 aliphatic carbocycles. The molecule has 140 valence electrons. The Labute approximate surface area is 155 Å². The molecular formula is C20H25NO4S. The molecule has 1 aliphatic rings. The molecule has 0 spiro atoms. The van der Waals surface area contributed by atoms with E-state index in [1.54, 1.807) is 12.1 Å². The SMILES string of the molecule is COc1ccc(C)cc1S(=O)(=O)N1CCC(Oc2ccc(C)cc2)CC1. The molecule has 5 nitrogen and oxygen atoms in total. The summed E-state index contributed by atoms with van der Waals surface area (Å²) in [5.74, 6) is 1.21. The Balaban J connectivity index is 1.69. The van der Waals surface area contributed by atoms with E-state index in [-0.39, 0.29) is 11.0 Å². The first-order chi connectivity index (χ1) is 12.4. The molecular weight excluding hydrogens is 350 g/mol. The Morgan fingerprint density at radius 2 is 1.58 bits per heavy atom. The van der Waals surface area contributed by atoms with Crippen LogP contribution in [-0.2, 0) is 10.0 Å². The monoisotopic (exact) mass is 375 g/mol. The van der Waals surface area contributed by atoms with Crippen LogP contribution in [0.25, 0.3) is 0 Å². The molecule has 0 atom stereocenters. The molecule has 0 unspecified atom stereocenters. The Morgan fingerprint density at radius 1 is 0.962 bits per heavy atom. The first-order valence-corrected chi connectivity index (χ1v) is 10.2. The first-order valence-electron chi connectivity index (χ1n) is 8.78. The van der Waals surface area contributed by atoms with Gasteiger partial charge in [0.15, 0.2) is 0 Å². The Bertz CT molecular complexity index is 854. The molecule has 26 heavy (non-hydrogen) atoms. The van der Waals surface area contributed by atoms with Gasteiger partial charge in [0.2, 0.25) is 10.0 Å². The smallest absolute Gasteiger partial charge is 0.246 e. The first kappa shape index (κ1) is 18.7. The van der Waals surface area contributed by atoms with Gasteiger partial charge in [0, 0.05) is 13.1 Å². The van der Waals surface area contributed by atoms with Crippen LogP contribution in [-0.4, -0.2) is 39.0 Å². The van der Waals surface area contributed by atoms with Gasteiger partial charge in [-0.1, -0.05) is 23.8 Å². The number of sulfonamides is 1. The second-order valence-electron chi connectivity index (χ2n) is 6.69. The molecule has 1 fully saturated rings. The summed E-state index contributed by atoms with van der Waals surface area (Å²) in [5, 5.41) is 0. The summed E-state index contributed by atoms with van der Waals surface area (Å²) in [7, 11) is -2.09. The number of hydrogen-bond acceptors (Lipinski definition) is 4. The van der Waals surface area contributed by atoms with Gasteiger partial charge in [0.1, 0.15) is 22.5 Å². The van der Waals surface area contributed by atoms with E-state index in [1.807, 2.05) is 44.2 Å². The summed E-state index contributed by atoms with van der Waals surface area (Å²) in [5.41, 5.74) is 2.08. The number of hydrogen-bond donors (Lipinski definition) is 0. The molecule has 1 saturated heterocycles. The molecule has 2 aromatic carbocycles. The fourth-order valence-electron chi connectivity index (χ4n) is 3.12. The summed E-state index contributed by atoms with van der Waals surface area (Å²) < 4.78 is 38.8. The number of benzene rings is 2. The topological polar surface area (TPSA) is 55.8 Å². The van der Waals surface area contributed by atoms with Gasteiger partial charge < -0.3 is 9.47 Å². The van der Waals surface area contributed by atoms with Crippen molar-refractivity contribution < 1.29 is 17.9 Å². The van der Waals surface area contributed by atoms with Gasteiger partial charge in [-0.2, -0.15) is 4.31 Å². The molecule has 3 rings (SSSR count). The van der Waals surface area contributed by atoms with Crippen molar-refractivity contribution in [3.63, 3.8) is 0 Å². The van der Waals surface area contributed by atoms with Crippen LogP contribution < -0.4 is 9.47 Å². The number of nitrogens with zero attached hydrogens (tertiary/aromatic N) is 1. The molecule has 0 N–H and O–H groups in total. The van der Waals surface area contributed by atoms with Gasteiger partial charge in [0.05, 0.1) is 7.11 Å². The van der Waals surface area contributed by atoms with Crippen LogP contribution in [0.1, 0.15) is 24.0 Å². The highest BCUT2D eigenvalue weighted by Crippen LogP contribution is 2.30. The Hall–Kier alpha value is -2.05. The van der Waals surface area contributed by atoms with Gasteiger partial charge in [-0.15, -0.1) is 0 Å². The highest BCUT2D eigenvalue weighted by Gasteiger charge is 2.32. The van der Waals surface area contributed by atoms with Crippen molar-refractivity contribution in [1.29, 1.82) is 0 Å². The van der Waals surface area contributed by atoms with Crippen LogP contribution in [0.5, 0.6) is 11.5 Å². The van der Waals surface area contributed by atoms with Gasteiger partial charge in [-0.05, 0) is 56.5 Å². The van der Waals surface area contributed by atoms with E-state index in [1.165, 1.54) is 17.0 Å². The maximum atomic E-state index is 13.0. The zero-order chi connectivity index (χ0) is 18.7. The van der Waals surface area contributed by atoms with Crippen molar-refractivity contribution >= 4 is 10.0 Å². The molecule has 1 heterocycles. The zero-order valence-electron chi connectivity index (χ0n) is 15.4. The predicted octanol–water partition coefficient (Wildman–Crippen LogP) is 3.54. The summed E-state index contributed by atoms with van der Waals surface area (Å²) >= 11 is 0. The summed E-state index contributed by atoms with van der Waals surface area (Å²) in [6.45, 7) is 4.79. The van der Waals surface area contributed by atoms with Crippen molar-refractivity contribution in [3.8, 4) is 11.5 Å². The molecule has 0 aromatic heterocycles. The van der Waals surface area contributed by atoms with Gasteiger partial charge >= 0.3 is 0 Å². The van der Waals surface area contributed by atoms with Crippen molar-refractivity contribution in [2.45, 2.75) is 37.7 Å². The molecule has 0 amide bonds. The van der Waals surface area contributed by atoms with Crippen LogP contribution in [0.4, 0.5) is 0 Å². The average Bonchev–Trinajstić information content (AvgIpc) is 2.64. The standard InChI is InChI=1S/C20H25NO4S/c1-15-4-7-17(8-5-15)25-18-10-12-21(13-11-18)26(22,23)20-14-16(2)6-9-19(20)24-3/h4-9,14,18H,10-13H2,1-3H3. The fourth-order valence-corrected chi connectivity index (χ4v) is 4.83. The zero-order valence-corrected chi connectivity index (χ0v) is 16.3. The lowest BCUT2D eigenvalue weighted by atomic mass is 10.1. The Morgan fingerprint density at radius 3 is 2.19 bits per heavy atom. The number of ether oxygens (including phenoxy) is 2. The summed E-state index contributed by atoms with van der Waals surface area (Å²) in [6, 6.07) is 13.2. The fraction of sp³-hybridized carbons (Fsp3) is 0.400. The average molecular weight is 375 g/mol. The molecule has 0 bridgehead atoms. The quantitative estimate of drug-likeness (QED) is 0.802. The van der Waals surface area contributed by atoms with Crippen molar-refractivity contribution in [3.05, 3.63) is 53.6 Å². The number of rotatable bonds is 5. The maximum absolute atomic E-state index is 13.0. The summed E-state index contributed by atoms with van der Waals surface area (Å²) in [4.78, 5) is 0.234. The third kappa shape index (κ3) is 4.02. The van der Waals surface area contributed by atoms with Crippen LogP contribution in [0.2, 0.25) is 0 Å². The predicted molar refractivity (Wildman–Crippen MR) is 101 cm³/mol. The minimum absolute atomic E-state index is 0.0311. The van der Waals surface area contributed by atoms with E-state index in [0.29, 0.717) is 31.7 Å². The van der Waals surface area contributed by atoms with E-state index < -0.39 is 10.0 Å². The number of piperidine rings is 1. The summed E-state index contributed by atoms with van der Waals surface area (Å²) in [6.07, 6.45) is 1.37. The lowest BCUT2D eigenvalue weighted by Gasteiger charge is -2.31. The molecule has 6 heteroatoms. The van der Waals surface area contributed by atoms with E-state index in [0.717, 1.165) is 11.3 Å². The Kier molecular flexibility index (Phi) is 5.53. The lowest BCUT2D eigenvalue weighted by Crippen LogP contribution is -2.41. The van der Waals surface area contributed by atoms with E-state index in [4.69, 9.17) is 9.47 Å². The molecule has 0 radical (unpaired) electrons. The van der Waals surface area contributed by atoms with Crippen LogP contribution in [0.3, 0.4) is 0 Å². The van der Waals surface area contributed by atoms with Gasteiger partial charge in [-0.25, -0.2) is 8.42 Å². The molecule has 1 aliphatic heterocycles. The number of methoxy groups -OCH3 is 1. The highest BCUT2D eigenvalue weighted by atomic mass is 32.2. The van der Waals surface area contributed by atoms with Crippen LogP contribution in [0, 0.1) is 13.8 Å². The van der Waals surface area contributed by atoms with E-state index in [2.05, 4.69) is 0 Å². The van der Waals surface area contributed by atoms with E-state index in [9.17, 15) is 8.42 Å². The van der Waals surface area contributed by atoms with Gasteiger partial charge in [0.25, 0.3) is 0 Å². The van der Waals surface area contributed by atoms with E-state index >= 15 is 0 Å². The highest BCUT2D eigenvalue weighted by molar-refractivity contribution is 7.89. The minimum Gasteiger partial charge on any atom is -0.495 e. The van der Waals surface area contributed by atoms with Crippen molar-refractivity contribution in [2.24, 2.45) is 0 Å². The maximum Gasteiger partial charge on any atom is 0.246 e. The molecule has 0 saturated carbocycles. The molecule has 2 aromatic rings. The van der Waals surface area contributed by atoms with Crippen LogP contribution >= 0.6 is 0 Å². The van der Waals surface area contributed by atoms with Crippen LogP contribution in [0.15, 0.2) is 47.4 Å².